The Hall–Kier alpha value is -1.32. The number of nitrogens with two attached hydrogens (primary N) is 1. The van der Waals surface area contributed by atoms with Crippen LogP contribution in [0.2, 0.25) is 0 Å². The SMILES string of the molecule is CCC(N)Cc1cnc(Sc2ccccc2C)c(C)c1. The van der Waals surface area contributed by atoms with E-state index in [1.807, 2.05) is 6.20 Å². The van der Waals surface area contributed by atoms with Crippen LogP contribution in [0.5, 0.6) is 0 Å². The number of rotatable bonds is 5. The standard InChI is InChI=1S/C17H22N2S/c1-4-15(18)10-14-9-13(3)17(19-11-14)20-16-8-6-5-7-12(16)2/h5-9,11,15H,4,10,18H2,1-3H3. The molecule has 106 valence electrons. The summed E-state index contributed by atoms with van der Waals surface area (Å²) in [6, 6.07) is 10.8. The Morgan fingerprint density at radius 2 is 1.95 bits per heavy atom. The maximum Gasteiger partial charge on any atom is 0.104 e. The second-order valence-corrected chi connectivity index (χ2v) is 6.24. The number of pyridine rings is 1. The third kappa shape index (κ3) is 3.84. The fraction of sp³-hybridized carbons (Fsp3) is 0.353. The van der Waals surface area contributed by atoms with Crippen molar-refractivity contribution in [1.29, 1.82) is 0 Å². The van der Waals surface area contributed by atoms with E-state index in [9.17, 15) is 0 Å². The van der Waals surface area contributed by atoms with Crippen LogP contribution >= 0.6 is 11.8 Å². The molecular weight excluding hydrogens is 264 g/mol. The van der Waals surface area contributed by atoms with Gasteiger partial charge in [-0.25, -0.2) is 4.98 Å². The number of aromatic nitrogens is 1. The third-order valence-corrected chi connectivity index (χ3v) is 4.71. The predicted octanol–water partition coefficient (Wildman–Crippen LogP) is 4.13. The van der Waals surface area contributed by atoms with Crippen LogP contribution in [0.4, 0.5) is 0 Å². The summed E-state index contributed by atoms with van der Waals surface area (Å²) in [6.45, 7) is 6.37. The average Bonchev–Trinajstić information content (AvgIpc) is 2.44. The topological polar surface area (TPSA) is 38.9 Å². The minimum atomic E-state index is 0.228. The molecule has 2 nitrogen and oxygen atoms in total. The summed E-state index contributed by atoms with van der Waals surface area (Å²) in [7, 11) is 0. The van der Waals surface area contributed by atoms with E-state index in [0.717, 1.165) is 17.9 Å². The maximum atomic E-state index is 6.00. The van der Waals surface area contributed by atoms with E-state index in [4.69, 9.17) is 5.73 Å². The molecule has 1 atom stereocenters. The van der Waals surface area contributed by atoms with Gasteiger partial charge in [-0.15, -0.1) is 0 Å². The summed E-state index contributed by atoms with van der Waals surface area (Å²) in [5, 5.41) is 1.08. The van der Waals surface area contributed by atoms with Gasteiger partial charge in [0.2, 0.25) is 0 Å². The van der Waals surface area contributed by atoms with Crippen LogP contribution in [-0.2, 0) is 6.42 Å². The van der Waals surface area contributed by atoms with Crippen molar-refractivity contribution in [2.45, 2.75) is 49.6 Å². The molecule has 0 aliphatic rings. The van der Waals surface area contributed by atoms with Gasteiger partial charge in [0, 0.05) is 17.1 Å². The zero-order valence-corrected chi connectivity index (χ0v) is 13.2. The summed E-state index contributed by atoms with van der Waals surface area (Å²) >= 11 is 1.73. The van der Waals surface area contributed by atoms with Crippen molar-refractivity contribution in [3.63, 3.8) is 0 Å². The molecule has 2 N–H and O–H groups in total. The molecule has 0 spiro atoms. The second kappa shape index (κ2) is 6.91. The number of benzene rings is 1. The van der Waals surface area contributed by atoms with Crippen LogP contribution in [-0.4, -0.2) is 11.0 Å². The van der Waals surface area contributed by atoms with E-state index in [0.29, 0.717) is 0 Å². The maximum absolute atomic E-state index is 6.00. The Balaban J connectivity index is 2.16. The summed E-state index contributed by atoms with van der Waals surface area (Å²) in [5.74, 6) is 0. The molecule has 0 bridgehead atoms. The Morgan fingerprint density at radius 1 is 1.20 bits per heavy atom. The quantitative estimate of drug-likeness (QED) is 0.898. The molecule has 0 amide bonds. The minimum absolute atomic E-state index is 0.228. The van der Waals surface area contributed by atoms with Crippen molar-refractivity contribution in [2.75, 3.05) is 0 Å². The smallest absolute Gasteiger partial charge is 0.104 e. The van der Waals surface area contributed by atoms with Gasteiger partial charge in [0.1, 0.15) is 5.03 Å². The van der Waals surface area contributed by atoms with Crippen LogP contribution in [0.1, 0.15) is 30.0 Å². The van der Waals surface area contributed by atoms with Crippen molar-refractivity contribution in [1.82, 2.24) is 4.98 Å². The Labute approximate surface area is 125 Å². The molecule has 0 fully saturated rings. The lowest BCUT2D eigenvalue weighted by molar-refractivity contribution is 0.644. The van der Waals surface area contributed by atoms with E-state index in [1.54, 1.807) is 11.8 Å². The van der Waals surface area contributed by atoms with Gasteiger partial charge in [-0.3, -0.25) is 0 Å². The summed E-state index contributed by atoms with van der Waals surface area (Å²) in [5.41, 5.74) is 9.74. The van der Waals surface area contributed by atoms with Crippen molar-refractivity contribution in [3.8, 4) is 0 Å². The number of aryl methyl sites for hydroxylation is 2. The fourth-order valence-corrected chi connectivity index (χ4v) is 2.97. The molecule has 1 aromatic carbocycles. The zero-order chi connectivity index (χ0) is 14.5. The highest BCUT2D eigenvalue weighted by molar-refractivity contribution is 7.99. The van der Waals surface area contributed by atoms with Gasteiger partial charge in [-0.05, 0) is 49.4 Å². The van der Waals surface area contributed by atoms with E-state index < -0.39 is 0 Å². The lowest BCUT2D eigenvalue weighted by atomic mass is 10.1. The number of nitrogens with zero attached hydrogens (tertiary/aromatic N) is 1. The first kappa shape index (κ1) is 15.1. The molecule has 1 unspecified atom stereocenters. The molecule has 20 heavy (non-hydrogen) atoms. The van der Waals surface area contributed by atoms with Gasteiger partial charge in [0.15, 0.2) is 0 Å². The van der Waals surface area contributed by atoms with Crippen LogP contribution in [0, 0.1) is 13.8 Å². The first-order chi connectivity index (χ1) is 9.60. The Kier molecular flexibility index (Phi) is 5.21. The fourth-order valence-electron chi connectivity index (χ4n) is 2.06. The van der Waals surface area contributed by atoms with E-state index in [1.165, 1.54) is 21.6 Å². The summed E-state index contributed by atoms with van der Waals surface area (Å²) in [4.78, 5) is 5.87. The molecular formula is C17H22N2S. The van der Waals surface area contributed by atoms with Gasteiger partial charge in [-0.2, -0.15) is 0 Å². The van der Waals surface area contributed by atoms with E-state index in [-0.39, 0.29) is 6.04 Å². The second-order valence-electron chi connectivity index (χ2n) is 5.21. The van der Waals surface area contributed by atoms with Gasteiger partial charge >= 0.3 is 0 Å². The largest absolute Gasteiger partial charge is 0.327 e. The molecule has 2 aromatic rings. The van der Waals surface area contributed by atoms with Gasteiger partial charge in [0.25, 0.3) is 0 Å². The molecule has 0 saturated heterocycles. The number of hydrogen-bond acceptors (Lipinski definition) is 3. The molecule has 0 aliphatic heterocycles. The molecule has 3 heteroatoms. The van der Waals surface area contributed by atoms with Crippen LogP contribution in [0.25, 0.3) is 0 Å². The monoisotopic (exact) mass is 286 g/mol. The van der Waals surface area contributed by atoms with E-state index >= 15 is 0 Å². The van der Waals surface area contributed by atoms with Crippen LogP contribution < -0.4 is 5.73 Å². The summed E-state index contributed by atoms with van der Waals surface area (Å²) < 4.78 is 0. The predicted molar refractivity (Wildman–Crippen MR) is 86.2 cm³/mol. The first-order valence-electron chi connectivity index (χ1n) is 7.04. The minimum Gasteiger partial charge on any atom is -0.327 e. The van der Waals surface area contributed by atoms with E-state index in [2.05, 4.69) is 56.1 Å². The van der Waals surface area contributed by atoms with Crippen molar-refractivity contribution >= 4 is 11.8 Å². The highest BCUT2D eigenvalue weighted by Gasteiger charge is 2.08. The van der Waals surface area contributed by atoms with Gasteiger partial charge in [0.05, 0.1) is 0 Å². The molecule has 0 aliphatic carbocycles. The summed E-state index contributed by atoms with van der Waals surface area (Å²) in [6.07, 6.45) is 3.86. The molecule has 1 aromatic heterocycles. The highest BCUT2D eigenvalue weighted by Crippen LogP contribution is 2.31. The Bertz CT molecular complexity index is 581. The highest BCUT2D eigenvalue weighted by atomic mass is 32.2. The lowest BCUT2D eigenvalue weighted by Crippen LogP contribution is -2.21. The average molecular weight is 286 g/mol. The zero-order valence-electron chi connectivity index (χ0n) is 12.4. The normalized spacial score (nSPS) is 12.4. The van der Waals surface area contributed by atoms with Gasteiger partial charge < -0.3 is 5.73 Å². The lowest BCUT2D eigenvalue weighted by Gasteiger charge is -2.11. The van der Waals surface area contributed by atoms with Crippen LogP contribution in [0.3, 0.4) is 0 Å². The molecule has 1 heterocycles. The third-order valence-electron chi connectivity index (χ3n) is 3.41. The van der Waals surface area contributed by atoms with Crippen molar-refractivity contribution < 1.29 is 0 Å². The van der Waals surface area contributed by atoms with Crippen LogP contribution in [0.15, 0.2) is 46.5 Å². The number of hydrogen-bond donors (Lipinski definition) is 1. The Morgan fingerprint density at radius 3 is 2.60 bits per heavy atom. The van der Waals surface area contributed by atoms with Crippen molar-refractivity contribution in [3.05, 3.63) is 53.2 Å². The van der Waals surface area contributed by atoms with Gasteiger partial charge in [-0.1, -0.05) is 43.0 Å². The molecule has 0 saturated carbocycles. The molecule has 0 radical (unpaired) electrons. The molecule has 2 rings (SSSR count). The first-order valence-corrected chi connectivity index (χ1v) is 7.86. The van der Waals surface area contributed by atoms with Crippen molar-refractivity contribution in [2.24, 2.45) is 5.73 Å².